The van der Waals surface area contributed by atoms with E-state index in [1.165, 1.54) is 0 Å². The molecule has 0 aliphatic heterocycles. The average Bonchev–Trinajstić information content (AvgIpc) is 2.43. The molecule has 0 aliphatic rings. The molecule has 108 valence electrons. The molecule has 0 saturated heterocycles. The Labute approximate surface area is 120 Å². The Morgan fingerprint density at radius 3 is 2.47 bits per heavy atom. The Morgan fingerprint density at radius 2 is 1.95 bits per heavy atom. The second-order valence-electron chi connectivity index (χ2n) is 5.24. The molecule has 4 heteroatoms. The van der Waals surface area contributed by atoms with E-state index in [-0.39, 0.29) is 5.54 Å². The first-order chi connectivity index (χ1) is 9.01. The van der Waals surface area contributed by atoms with Crippen molar-refractivity contribution in [1.82, 2.24) is 5.32 Å². The minimum absolute atomic E-state index is 0.142. The molecule has 1 aromatic rings. The highest BCUT2D eigenvalue weighted by Crippen LogP contribution is 2.25. The van der Waals surface area contributed by atoms with Crippen LogP contribution in [0.5, 0.6) is 0 Å². The highest BCUT2D eigenvalue weighted by Gasteiger charge is 2.19. The van der Waals surface area contributed by atoms with Crippen LogP contribution < -0.4 is 5.32 Å². The summed E-state index contributed by atoms with van der Waals surface area (Å²) in [5.41, 5.74) is 1.76. The van der Waals surface area contributed by atoms with Gasteiger partial charge in [0.05, 0.1) is 0 Å². The van der Waals surface area contributed by atoms with Gasteiger partial charge in [0.1, 0.15) is 6.17 Å². The van der Waals surface area contributed by atoms with Crippen molar-refractivity contribution in [1.29, 1.82) is 0 Å². The first-order valence-corrected chi connectivity index (χ1v) is 7.71. The third-order valence-corrected chi connectivity index (χ3v) is 3.80. The van der Waals surface area contributed by atoms with E-state index in [1.54, 1.807) is 0 Å². The van der Waals surface area contributed by atoms with Crippen molar-refractivity contribution in [3.8, 4) is 0 Å². The fourth-order valence-electron chi connectivity index (χ4n) is 1.98. The van der Waals surface area contributed by atoms with E-state index in [1.807, 2.05) is 31.2 Å². The van der Waals surface area contributed by atoms with Crippen molar-refractivity contribution in [3.63, 3.8) is 0 Å². The zero-order chi connectivity index (χ0) is 14.3. The van der Waals surface area contributed by atoms with Crippen molar-refractivity contribution < 1.29 is 8.94 Å². The Bertz CT molecular complexity index is 367. The Morgan fingerprint density at radius 1 is 1.32 bits per heavy atom. The van der Waals surface area contributed by atoms with Crippen LogP contribution in [-0.4, -0.2) is 16.9 Å². The van der Waals surface area contributed by atoms with Gasteiger partial charge >= 0.3 is 0 Å². The van der Waals surface area contributed by atoms with Crippen molar-refractivity contribution in [3.05, 3.63) is 35.4 Å². The van der Waals surface area contributed by atoms with Crippen LogP contribution in [0.15, 0.2) is 24.3 Å². The van der Waals surface area contributed by atoms with Crippen LogP contribution in [0.4, 0.5) is 4.39 Å². The number of benzene rings is 1. The van der Waals surface area contributed by atoms with E-state index in [4.69, 9.17) is 4.55 Å². The minimum atomic E-state index is -0.869. The zero-order valence-corrected chi connectivity index (χ0v) is 12.8. The lowest BCUT2D eigenvalue weighted by Gasteiger charge is -2.27. The van der Waals surface area contributed by atoms with E-state index in [0.29, 0.717) is 6.42 Å². The molecular weight excluding hydrogens is 261 g/mol. The number of halogens is 1. The maximum atomic E-state index is 13.5. The van der Waals surface area contributed by atoms with Gasteiger partial charge in [0.15, 0.2) is 0 Å². The third-order valence-electron chi connectivity index (χ3n) is 3.33. The number of hydrogen-bond donors (Lipinski definition) is 2. The van der Waals surface area contributed by atoms with E-state index < -0.39 is 6.17 Å². The molecule has 1 aromatic carbocycles. The molecule has 0 radical (unpaired) electrons. The summed E-state index contributed by atoms with van der Waals surface area (Å²) in [7, 11) is 0. The first-order valence-electron chi connectivity index (χ1n) is 6.77. The van der Waals surface area contributed by atoms with E-state index in [9.17, 15) is 4.39 Å². The molecule has 0 fully saturated rings. The summed E-state index contributed by atoms with van der Waals surface area (Å²) < 4.78 is 22.2. The highest BCUT2D eigenvalue weighted by atomic mass is 32.2. The molecule has 0 saturated carbocycles. The predicted molar refractivity (Wildman–Crippen MR) is 81.3 cm³/mol. The molecule has 0 bridgehead atoms. The zero-order valence-electron chi connectivity index (χ0n) is 11.9. The fourth-order valence-corrected chi connectivity index (χ4v) is 2.26. The van der Waals surface area contributed by atoms with E-state index >= 15 is 0 Å². The van der Waals surface area contributed by atoms with Crippen LogP contribution in [0, 0.1) is 0 Å². The number of alkyl halides is 1. The maximum absolute atomic E-state index is 13.5. The Hall–Kier alpha value is -0.580. The normalized spacial score (nSPS) is 13.5. The van der Waals surface area contributed by atoms with Gasteiger partial charge in [0, 0.05) is 11.3 Å². The highest BCUT2D eigenvalue weighted by molar-refractivity contribution is 7.93. The van der Waals surface area contributed by atoms with Gasteiger partial charge in [-0.15, -0.1) is 0 Å². The Kier molecular flexibility index (Phi) is 6.83. The molecule has 0 amide bonds. The largest absolute Gasteiger partial charge is 0.330 e. The molecule has 1 rings (SSSR count). The van der Waals surface area contributed by atoms with Crippen LogP contribution in [0.1, 0.15) is 50.9 Å². The molecule has 0 spiro atoms. The third kappa shape index (κ3) is 5.13. The van der Waals surface area contributed by atoms with Crippen LogP contribution in [0.2, 0.25) is 0 Å². The maximum Gasteiger partial charge on any atom is 0.125 e. The molecule has 1 unspecified atom stereocenters. The van der Waals surface area contributed by atoms with Crippen LogP contribution in [0.3, 0.4) is 0 Å². The van der Waals surface area contributed by atoms with Gasteiger partial charge < -0.3 is 9.87 Å². The molecule has 2 nitrogen and oxygen atoms in total. The summed E-state index contributed by atoms with van der Waals surface area (Å²) in [5.74, 6) is 0.738. The van der Waals surface area contributed by atoms with Crippen molar-refractivity contribution >= 4 is 12.0 Å². The summed E-state index contributed by atoms with van der Waals surface area (Å²) in [4.78, 5) is 0. The number of nitrogens with one attached hydrogen (secondary N) is 1. The fraction of sp³-hybridized carbons (Fsp3) is 0.600. The molecule has 2 N–H and O–H groups in total. The number of rotatable bonds is 8. The van der Waals surface area contributed by atoms with Gasteiger partial charge in [0.2, 0.25) is 0 Å². The predicted octanol–water partition coefficient (Wildman–Crippen LogP) is 4.53. The lowest BCUT2D eigenvalue weighted by molar-refractivity contribution is 0.334. The van der Waals surface area contributed by atoms with Crippen molar-refractivity contribution in [2.45, 2.75) is 45.3 Å². The van der Waals surface area contributed by atoms with Crippen molar-refractivity contribution in [2.24, 2.45) is 0 Å². The SMILES string of the molecule is CCC(F)c1ccc(C(C)(C)NCCCSO)cc1. The van der Waals surface area contributed by atoms with Crippen molar-refractivity contribution in [2.75, 3.05) is 12.3 Å². The molecule has 0 aliphatic carbocycles. The lowest BCUT2D eigenvalue weighted by Crippen LogP contribution is -2.37. The molecule has 19 heavy (non-hydrogen) atoms. The monoisotopic (exact) mass is 285 g/mol. The number of hydrogen-bond acceptors (Lipinski definition) is 3. The second kappa shape index (κ2) is 7.88. The molecule has 0 heterocycles. The summed E-state index contributed by atoms with van der Waals surface area (Å²) >= 11 is 0.874. The van der Waals surface area contributed by atoms with Gasteiger partial charge in [-0.05, 0) is 56.4 Å². The molecule has 1 atom stereocenters. The average molecular weight is 285 g/mol. The standard InChI is InChI=1S/C15H24FNOS/c1-4-14(16)12-6-8-13(9-7-12)15(2,3)17-10-5-11-19-18/h6-9,14,17-18H,4-5,10-11H2,1-3H3. The first kappa shape index (κ1) is 16.5. The molecular formula is C15H24FNOS. The van der Waals surface area contributed by atoms with Gasteiger partial charge in [0.25, 0.3) is 0 Å². The lowest BCUT2D eigenvalue weighted by atomic mass is 9.92. The summed E-state index contributed by atoms with van der Waals surface area (Å²) in [6.07, 6.45) is 0.567. The summed E-state index contributed by atoms with van der Waals surface area (Å²) in [6, 6.07) is 7.73. The quantitative estimate of drug-likeness (QED) is 0.544. The van der Waals surface area contributed by atoms with Gasteiger partial charge in [-0.2, -0.15) is 0 Å². The summed E-state index contributed by atoms with van der Waals surface area (Å²) in [6.45, 7) is 6.92. The Balaban J connectivity index is 2.62. The van der Waals surface area contributed by atoms with Crippen LogP contribution in [0.25, 0.3) is 0 Å². The smallest absolute Gasteiger partial charge is 0.125 e. The van der Waals surface area contributed by atoms with Crippen LogP contribution in [-0.2, 0) is 5.54 Å². The minimum Gasteiger partial charge on any atom is -0.330 e. The van der Waals surface area contributed by atoms with Gasteiger partial charge in [-0.3, -0.25) is 0 Å². The van der Waals surface area contributed by atoms with Crippen LogP contribution >= 0.6 is 12.0 Å². The molecule has 0 aromatic heterocycles. The van der Waals surface area contributed by atoms with Gasteiger partial charge in [-0.1, -0.05) is 31.2 Å². The van der Waals surface area contributed by atoms with Gasteiger partial charge in [-0.25, -0.2) is 4.39 Å². The summed E-state index contributed by atoms with van der Waals surface area (Å²) in [5, 5.41) is 3.45. The van der Waals surface area contributed by atoms with E-state index in [2.05, 4.69) is 19.2 Å². The second-order valence-corrected chi connectivity index (χ2v) is 5.90. The topological polar surface area (TPSA) is 32.3 Å². The van der Waals surface area contributed by atoms with E-state index in [0.717, 1.165) is 41.9 Å².